The normalized spacial score (nSPS) is 16.4. The summed E-state index contributed by atoms with van der Waals surface area (Å²) < 4.78 is 0. The van der Waals surface area contributed by atoms with E-state index in [1.807, 2.05) is 12.1 Å². The fourth-order valence-electron chi connectivity index (χ4n) is 2.55. The molecule has 0 bridgehead atoms. The molecule has 3 rings (SSSR count). The summed E-state index contributed by atoms with van der Waals surface area (Å²) in [7, 11) is 0. The predicted molar refractivity (Wildman–Crippen MR) is 75.3 cm³/mol. The third-order valence-electron chi connectivity index (χ3n) is 3.68. The molecule has 0 aromatic heterocycles. The van der Waals surface area contributed by atoms with Crippen LogP contribution in [0, 0.1) is 0 Å². The SMILES string of the molecule is Nc1ccccc1CN1CC(c2ccccc2)C1. The molecule has 2 aromatic carbocycles. The number of anilines is 1. The van der Waals surface area contributed by atoms with Crippen molar-refractivity contribution < 1.29 is 0 Å². The zero-order valence-electron chi connectivity index (χ0n) is 10.4. The van der Waals surface area contributed by atoms with Crippen LogP contribution in [0.5, 0.6) is 0 Å². The van der Waals surface area contributed by atoms with Gasteiger partial charge in [0, 0.05) is 31.2 Å². The van der Waals surface area contributed by atoms with Gasteiger partial charge in [0.25, 0.3) is 0 Å². The fraction of sp³-hybridized carbons (Fsp3) is 0.250. The lowest BCUT2D eigenvalue weighted by Gasteiger charge is -2.39. The van der Waals surface area contributed by atoms with Crippen molar-refractivity contribution in [3.8, 4) is 0 Å². The van der Waals surface area contributed by atoms with Crippen molar-refractivity contribution in [2.45, 2.75) is 12.5 Å². The van der Waals surface area contributed by atoms with E-state index in [4.69, 9.17) is 5.73 Å². The number of nitrogens with zero attached hydrogens (tertiary/aromatic N) is 1. The fourth-order valence-corrected chi connectivity index (χ4v) is 2.55. The smallest absolute Gasteiger partial charge is 0.0359 e. The molecular formula is C16H18N2. The highest BCUT2D eigenvalue weighted by Gasteiger charge is 2.27. The van der Waals surface area contributed by atoms with E-state index in [1.54, 1.807) is 0 Å². The number of para-hydroxylation sites is 1. The Morgan fingerprint density at radius 2 is 1.61 bits per heavy atom. The Labute approximate surface area is 108 Å². The van der Waals surface area contributed by atoms with Crippen molar-refractivity contribution in [3.63, 3.8) is 0 Å². The van der Waals surface area contributed by atoms with Crippen LogP contribution in [0.25, 0.3) is 0 Å². The number of nitrogens with two attached hydrogens (primary N) is 1. The molecule has 0 amide bonds. The van der Waals surface area contributed by atoms with E-state index in [1.165, 1.54) is 11.1 Å². The van der Waals surface area contributed by atoms with Crippen LogP contribution in [-0.2, 0) is 6.54 Å². The Bertz CT molecular complexity index is 516. The Morgan fingerprint density at radius 1 is 0.944 bits per heavy atom. The van der Waals surface area contributed by atoms with Crippen molar-refractivity contribution in [3.05, 3.63) is 65.7 Å². The Hall–Kier alpha value is -1.80. The second kappa shape index (κ2) is 4.83. The third kappa shape index (κ3) is 2.24. The molecule has 0 radical (unpaired) electrons. The topological polar surface area (TPSA) is 29.3 Å². The molecule has 92 valence electrons. The molecule has 0 aliphatic carbocycles. The minimum Gasteiger partial charge on any atom is -0.398 e. The molecule has 0 spiro atoms. The minimum absolute atomic E-state index is 0.691. The highest BCUT2D eigenvalue weighted by atomic mass is 15.2. The van der Waals surface area contributed by atoms with Gasteiger partial charge in [-0.1, -0.05) is 48.5 Å². The van der Waals surface area contributed by atoms with Gasteiger partial charge in [0.1, 0.15) is 0 Å². The largest absolute Gasteiger partial charge is 0.398 e. The average Bonchev–Trinajstić information content (AvgIpc) is 2.36. The Kier molecular flexibility index (Phi) is 3.03. The van der Waals surface area contributed by atoms with Crippen molar-refractivity contribution in [1.29, 1.82) is 0 Å². The van der Waals surface area contributed by atoms with Crippen LogP contribution in [0.2, 0.25) is 0 Å². The zero-order valence-corrected chi connectivity index (χ0v) is 10.4. The maximum atomic E-state index is 5.97. The summed E-state index contributed by atoms with van der Waals surface area (Å²) in [4.78, 5) is 2.45. The highest BCUT2D eigenvalue weighted by Crippen LogP contribution is 2.28. The number of benzene rings is 2. The van der Waals surface area contributed by atoms with Crippen LogP contribution in [-0.4, -0.2) is 18.0 Å². The van der Waals surface area contributed by atoms with Gasteiger partial charge in [0.2, 0.25) is 0 Å². The first-order valence-electron chi connectivity index (χ1n) is 6.43. The van der Waals surface area contributed by atoms with E-state index in [9.17, 15) is 0 Å². The van der Waals surface area contributed by atoms with Gasteiger partial charge in [0.05, 0.1) is 0 Å². The summed E-state index contributed by atoms with van der Waals surface area (Å²) in [6.07, 6.45) is 0. The molecule has 2 nitrogen and oxygen atoms in total. The Balaban J connectivity index is 1.59. The molecule has 1 aliphatic heterocycles. The van der Waals surface area contributed by atoms with E-state index in [-0.39, 0.29) is 0 Å². The molecule has 18 heavy (non-hydrogen) atoms. The molecular weight excluding hydrogens is 220 g/mol. The first-order valence-corrected chi connectivity index (χ1v) is 6.43. The van der Waals surface area contributed by atoms with Gasteiger partial charge in [-0.25, -0.2) is 0 Å². The summed E-state index contributed by atoms with van der Waals surface area (Å²) >= 11 is 0. The number of nitrogen functional groups attached to an aromatic ring is 1. The molecule has 0 unspecified atom stereocenters. The van der Waals surface area contributed by atoms with Gasteiger partial charge in [-0.3, -0.25) is 4.90 Å². The van der Waals surface area contributed by atoms with E-state index >= 15 is 0 Å². The van der Waals surface area contributed by atoms with E-state index in [0.717, 1.165) is 25.3 Å². The third-order valence-corrected chi connectivity index (χ3v) is 3.68. The minimum atomic E-state index is 0.691. The lowest BCUT2D eigenvalue weighted by molar-refractivity contribution is 0.140. The standard InChI is InChI=1S/C16H18N2/c17-16-9-5-4-8-14(16)10-18-11-15(12-18)13-6-2-1-3-7-13/h1-9,15H,10-12,17H2. The maximum absolute atomic E-state index is 5.97. The van der Waals surface area contributed by atoms with Crippen molar-refractivity contribution >= 4 is 5.69 Å². The van der Waals surface area contributed by atoms with Crippen LogP contribution in [0.3, 0.4) is 0 Å². The number of rotatable bonds is 3. The monoisotopic (exact) mass is 238 g/mol. The molecule has 2 heteroatoms. The molecule has 1 aliphatic rings. The van der Waals surface area contributed by atoms with Crippen molar-refractivity contribution in [2.24, 2.45) is 0 Å². The van der Waals surface area contributed by atoms with Gasteiger partial charge < -0.3 is 5.73 Å². The lowest BCUT2D eigenvalue weighted by Crippen LogP contribution is -2.44. The quantitative estimate of drug-likeness (QED) is 0.833. The molecule has 1 fully saturated rings. The number of hydrogen-bond donors (Lipinski definition) is 1. The summed E-state index contributed by atoms with van der Waals surface area (Å²) in [5.41, 5.74) is 9.56. The Morgan fingerprint density at radius 3 is 2.33 bits per heavy atom. The molecule has 2 N–H and O–H groups in total. The van der Waals surface area contributed by atoms with Crippen LogP contribution < -0.4 is 5.73 Å². The van der Waals surface area contributed by atoms with Crippen LogP contribution in [0.4, 0.5) is 5.69 Å². The maximum Gasteiger partial charge on any atom is 0.0359 e. The van der Waals surface area contributed by atoms with Gasteiger partial charge in [-0.05, 0) is 17.2 Å². The summed E-state index contributed by atoms with van der Waals surface area (Å²) in [6, 6.07) is 18.9. The van der Waals surface area contributed by atoms with Gasteiger partial charge >= 0.3 is 0 Å². The van der Waals surface area contributed by atoms with E-state index < -0.39 is 0 Å². The van der Waals surface area contributed by atoms with Gasteiger partial charge in [0.15, 0.2) is 0 Å². The van der Waals surface area contributed by atoms with Gasteiger partial charge in [-0.2, -0.15) is 0 Å². The number of likely N-dealkylation sites (tertiary alicyclic amines) is 1. The average molecular weight is 238 g/mol. The second-order valence-electron chi connectivity index (χ2n) is 5.00. The molecule has 2 aromatic rings. The first kappa shape index (κ1) is 11.3. The molecule has 1 heterocycles. The van der Waals surface area contributed by atoms with E-state index in [2.05, 4.69) is 47.4 Å². The summed E-state index contributed by atoms with van der Waals surface area (Å²) in [5.74, 6) is 0.691. The number of hydrogen-bond acceptors (Lipinski definition) is 2. The lowest BCUT2D eigenvalue weighted by atomic mass is 9.91. The predicted octanol–water partition coefficient (Wildman–Crippen LogP) is 2.87. The first-order chi connectivity index (χ1) is 8.83. The van der Waals surface area contributed by atoms with Crippen molar-refractivity contribution in [2.75, 3.05) is 18.8 Å². The van der Waals surface area contributed by atoms with E-state index in [0.29, 0.717) is 5.92 Å². The van der Waals surface area contributed by atoms with Crippen LogP contribution in [0.15, 0.2) is 54.6 Å². The van der Waals surface area contributed by atoms with Crippen LogP contribution >= 0.6 is 0 Å². The summed E-state index contributed by atoms with van der Waals surface area (Å²) in [5, 5.41) is 0. The summed E-state index contributed by atoms with van der Waals surface area (Å²) in [6.45, 7) is 3.24. The molecule has 0 saturated carbocycles. The molecule has 0 atom stereocenters. The van der Waals surface area contributed by atoms with Crippen molar-refractivity contribution in [1.82, 2.24) is 4.90 Å². The van der Waals surface area contributed by atoms with Crippen LogP contribution in [0.1, 0.15) is 17.0 Å². The van der Waals surface area contributed by atoms with Gasteiger partial charge in [-0.15, -0.1) is 0 Å². The highest BCUT2D eigenvalue weighted by molar-refractivity contribution is 5.46. The zero-order chi connectivity index (χ0) is 12.4. The second-order valence-corrected chi connectivity index (χ2v) is 5.00. The molecule has 1 saturated heterocycles.